The number of rotatable bonds is 3. The molecule has 0 radical (unpaired) electrons. The largest absolute Gasteiger partial charge is 0.302 e. The number of nitriles is 1. The molecule has 2 atom stereocenters. The summed E-state index contributed by atoms with van der Waals surface area (Å²) in [5.41, 5.74) is -0.250. The molecule has 1 aliphatic heterocycles. The number of nitrogens with zero attached hydrogens (tertiary/aromatic N) is 2. The van der Waals surface area contributed by atoms with E-state index in [4.69, 9.17) is 0 Å². The third-order valence-corrected chi connectivity index (χ3v) is 5.21. The zero-order valence-corrected chi connectivity index (χ0v) is 12.1. The molecule has 0 spiro atoms. The van der Waals surface area contributed by atoms with Crippen LogP contribution in [0.4, 0.5) is 0 Å². The second-order valence-electron chi connectivity index (χ2n) is 6.46. The Labute approximate surface area is 112 Å². The molecular weight excluding hydrogens is 222 g/mol. The smallest absolute Gasteiger partial charge is 0.108 e. The lowest BCUT2D eigenvalue weighted by Crippen LogP contribution is -2.44. The summed E-state index contributed by atoms with van der Waals surface area (Å²) in [6, 6.07) is 3.12. The highest BCUT2D eigenvalue weighted by molar-refractivity contribution is 5.13. The molecule has 2 unspecified atom stereocenters. The van der Waals surface area contributed by atoms with Crippen molar-refractivity contribution in [2.24, 2.45) is 11.8 Å². The van der Waals surface area contributed by atoms with Gasteiger partial charge in [-0.15, -0.1) is 0 Å². The average molecular weight is 249 g/mol. The Morgan fingerprint density at radius 1 is 1.28 bits per heavy atom. The maximum Gasteiger partial charge on any atom is 0.108 e. The van der Waals surface area contributed by atoms with Crippen LogP contribution in [0.5, 0.6) is 0 Å². The molecule has 1 N–H and O–H groups in total. The van der Waals surface area contributed by atoms with Gasteiger partial charge in [0.1, 0.15) is 5.54 Å². The molecule has 0 aromatic rings. The van der Waals surface area contributed by atoms with E-state index in [0.717, 1.165) is 24.7 Å². The minimum atomic E-state index is -0.250. The zero-order valence-electron chi connectivity index (χ0n) is 12.1. The van der Waals surface area contributed by atoms with Crippen molar-refractivity contribution < 1.29 is 0 Å². The van der Waals surface area contributed by atoms with E-state index >= 15 is 0 Å². The van der Waals surface area contributed by atoms with Gasteiger partial charge in [0, 0.05) is 6.04 Å². The number of likely N-dealkylation sites (tertiary alicyclic amines) is 1. The van der Waals surface area contributed by atoms with Gasteiger partial charge in [-0.05, 0) is 64.1 Å². The van der Waals surface area contributed by atoms with Crippen LogP contribution in [0.25, 0.3) is 0 Å². The average Bonchev–Trinajstić information content (AvgIpc) is 2.84. The van der Waals surface area contributed by atoms with Gasteiger partial charge >= 0.3 is 0 Å². The predicted octanol–water partition coefficient (Wildman–Crippen LogP) is 2.39. The first-order valence-electron chi connectivity index (χ1n) is 7.44. The van der Waals surface area contributed by atoms with E-state index in [9.17, 15) is 5.26 Å². The number of piperidine rings is 1. The van der Waals surface area contributed by atoms with Crippen molar-refractivity contribution in [2.45, 2.75) is 57.5 Å². The molecule has 2 rings (SSSR count). The third-order valence-electron chi connectivity index (χ3n) is 5.21. The van der Waals surface area contributed by atoms with Crippen LogP contribution in [-0.4, -0.2) is 36.6 Å². The molecule has 0 aromatic carbocycles. The van der Waals surface area contributed by atoms with Gasteiger partial charge < -0.3 is 10.2 Å². The van der Waals surface area contributed by atoms with E-state index in [1.165, 1.54) is 32.4 Å². The zero-order chi connectivity index (χ0) is 13.2. The standard InChI is InChI=1S/C15H27N3/c1-12(2)13-5-8-18(9-6-13)14-4-7-15(10-14,11-16)17-3/h12-14,17H,4-10H2,1-3H3. The van der Waals surface area contributed by atoms with Crippen molar-refractivity contribution in [3.8, 4) is 6.07 Å². The Kier molecular flexibility index (Phi) is 4.29. The van der Waals surface area contributed by atoms with Gasteiger partial charge in [-0.1, -0.05) is 13.8 Å². The fourth-order valence-electron chi connectivity index (χ4n) is 3.67. The first-order chi connectivity index (χ1) is 8.60. The highest BCUT2D eigenvalue weighted by Crippen LogP contribution is 2.35. The summed E-state index contributed by atoms with van der Waals surface area (Å²) in [6.07, 6.45) is 5.88. The normalized spacial score (nSPS) is 34.9. The molecule has 0 bridgehead atoms. The van der Waals surface area contributed by atoms with E-state index in [1.54, 1.807) is 0 Å². The van der Waals surface area contributed by atoms with E-state index in [-0.39, 0.29) is 5.54 Å². The molecule has 102 valence electrons. The summed E-state index contributed by atoms with van der Waals surface area (Å²) in [5.74, 6) is 1.74. The van der Waals surface area contributed by atoms with Crippen LogP contribution in [0.15, 0.2) is 0 Å². The van der Waals surface area contributed by atoms with Gasteiger partial charge in [-0.25, -0.2) is 0 Å². The fraction of sp³-hybridized carbons (Fsp3) is 0.933. The molecule has 2 aliphatic rings. The lowest BCUT2D eigenvalue weighted by atomic mass is 9.86. The Hall–Kier alpha value is -0.590. The molecule has 0 amide bonds. The van der Waals surface area contributed by atoms with E-state index in [1.807, 2.05) is 7.05 Å². The lowest BCUT2D eigenvalue weighted by Gasteiger charge is -2.37. The maximum absolute atomic E-state index is 9.32. The van der Waals surface area contributed by atoms with Crippen molar-refractivity contribution in [1.29, 1.82) is 5.26 Å². The minimum Gasteiger partial charge on any atom is -0.302 e. The topological polar surface area (TPSA) is 39.1 Å². The van der Waals surface area contributed by atoms with Crippen LogP contribution in [0, 0.1) is 23.2 Å². The Balaban J connectivity index is 1.87. The summed E-state index contributed by atoms with van der Waals surface area (Å²) < 4.78 is 0. The molecule has 3 nitrogen and oxygen atoms in total. The van der Waals surface area contributed by atoms with Crippen molar-refractivity contribution in [3.05, 3.63) is 0 Å². The maximum atomic E-state index is 9.32. The minimum absolute atomic E-state index is 0.250. The Morgan fingerprint density at radius 3 is 2.39 bits per heavy atom. The Morgan fingerprint density at radius 2 is 1.94 bits per heavy atom. The number of hydrogen-bond acceptors (Lipinski definition) is 3. The van der Waals surface area contributed by atoms with Crippen LogP contribution in [-0.2, 0) is 0 Å². The quantitative estimate of drug-likeness (QED) is 0.834. The second-order valence-corrected chi connectivity index (χ2v) is 6.46. The number of hydrogen-bond donors (Lipinski definition) is 1. The Bertz CT molecular complexity index is 312. The fourth-order valence-corrected chi connectivity index (χ4v) is 3.67. The van der Waals surface area contributed by atoms with Crippen molar-refractivity contribution >= 4 is 0 Å². The highest BCUT2D eigenvalue weighted by atomic mass is 15.2. The van der Waals surface area contributed by atoms with Gasteiger partial charge in [-0.2, -0.15) is 5.26 Å². The molecular formula is C15H27N3. The van der Waals surface area contributed by atoms with Crippen LogP contribution >= 0.6 is 0 Å². The summed E-state index contributed by atoms with van der Waals surface area (Å²) in [6.45, 7) is 7.16. The van der Waals surface area contributed by atoms with E-state index in [2.05, 4.69) is 30.1 Å². The van der Waals surface area contributed by atoms with E-state index in [0.29, 0.717) is 6.04 Å². The first kappa shape index (κ1) is 13.8. The summed E-state index contributed by atoms with van der Waals surface area (Å²) >= 11 is 0. The molecule has 2 fully saturated rings. The summed E-state index contributed by atoms with van der Waals surface area (Å²) in [4.78, 5) is 2.63. The van der Waals surface area contributed by atoms with Crippen LogP contribution in [0.3, 0.4) is 0 Å². The van der Waals surface area contributed by atoms with Gasteiger partial charge in [0.2, 0.25) is 0 Å². The van der Waals surface area contributed by atoms with Crippen LogP contribution < -0.4 is 5.32 Å². The summed E-state index contributed by atoms with van der Waals surface area (Å²) in [5, 5.41) is 12.6. The summed E-state index contributed by atoms with van der Waals surface area (Å²) in [7, 11) is 1.93. The lowest BCUT2D eigenvalue weighted by molar-refractivity contribution is 0.114. The van der Waals surface area contributed by atoms with Crippen LogP contribution in [0.2, 0.25) is 0 Å². The van der Waals surface area contributed by atoms with Crippen molar-refractivity contribution in [3.63, 3.8) is 0 Å². The molecule has 3 heteroatoms. The van der Waals surface area contributed by atoms with Crippen molar-refractivity contribution in [2.75, 3.05) is 20.1 Å². The van der Waals surface area contributed by atoms with Gasteiger partial charge in [0.25, 0.3) is 0 Å². The molecule has 1 saturated heterocycles. The highest BCUT2D eigenvalue weighted by Gasteiger charge is 2.41. The third kappa shape index (κ3) is 2.70. The molecule has 0 aromatic heterocycles. The molecule has 1 saturated carbocycles. The molecule has 1 heterocycles. The second kappa shape index (κ2) is 5.59. The monoisotopic (exact) mass is 249 g/mol. The number of nitrogens with one attached hydrogen (secondary N) is 1. The SMILES string of the molecule is CNC1(C#N)CCC(N2CCC(C(C)C)CC2)C1. The predicted molar refractivity (Wildman–Crippen MR) is 74.2 cm³/mol. The van der Waals surface area contributed by atoms with E-state index < -0.39 is 0 Å². The first-order valence-corrected chi connectivity index (χ1v) is 7.44. The molecule has 1 aliphatic carbocycles. The van der Waals surface area contributed by atoms with Gasteiger partial charge in [-0.3, -0.25) is 0 Å². The van der Waals surface area contributed by atoms with Gasteiger partial charge in [0.05, 0.1) is 6.07 Å². The van der Waals surface area contributed by atoms with Gasteiger partial charge in [0.15, 0.2) is 0 Å². The van der Waals surface area contributed by atoms with Crippen LogP contribution in [0.1, 0.15) is 46.0 Å². The molecule has 18 heavy (non-hydrogen) atoms. The van der Waals surface area contributed by atoms with Crippen molar-refractivity contribution in [1.82, 2.24) is 10.2 Å².